The minimum atomic E-state index is 0. The third-order valence-electron chi connectivity index (χ3n) is 3.65. The minimum Gasteiger partial charge on any atom is -0.339 e. The third-order valence-corrected chi connectivity index (χ3v) is 3.65. The number of hydrogen-bond acceptors (Lipinski definition) is 3. The van der Waals surface area contributed by atoms with Crippen molar-refractivity contribution in [3.8, 4) is 0 Å². The van der Waals surface area contributed by atoms with Crippen molar-refractivity contribution in [3.63, 3.8) is 0 Å². The lowest BCUT2D eigenvalue weighted by molar-refractivity contribution is -0.140. The first-order chi connectivity index (χ1) is 8.18. The van der Waals surface area contributed by atoms with Gasteiger partial charge in [-0.15, -0.1) is 12.4 Å². The number of amides is 2. The summed E-state index contributed by atoms with van der Waals surface area (Å²) in [5.41, 5.74) is 0. The van der Waals surface area contributed by atoms with Crippen LogP contribution in [0.25, 0.3) is 0 Å². The van der Waals surface area contributed by atoms with Gasteiger partial charge < -0.3 is 15.1 Å². The number of halogens is 1. The van der Waals surface area contributed by atoms with E-state index in [0.717, 1.165) is 19.4 Å². The molecule has 2 rings (SSSR count). The maximum absolute atomic E-state index is 12.2. The molecule has 0 saturated carbocycles. The van der Waals surface area contributed by atoms with E-state index >= 15 is 0 Å². The molecule has 0 bridgehead atoms. The zero-order chi connectivity index (χ0) is 12.3. The number of piperazine rings is 1. The molecule has 0 aromatic heterocycles. The summed E-state index contributed by atoms with van der Waals surface area (Å²) in [4.78, 5) is 27.1. The van der Waals surface area contributed by atoms with Gasteiger partial charge in [0.05, 0.1) is 6.04 Å². The fourth-order valence-corrected chi connectivity index (χ4v) is 2.52. The van der Waals surface area contributed by atoms with Crippen LogP contribution in [0, 0.1) is 0 Å². The standard InChI is InChI=1S/C12H21N3O2.ClH/c1-10(16)14-6-8-15(9-7-14)12(17)11-4-2-3-5-13-11;/h11,13H,2-9H2,1H3;1H/t11-;/m0./s1. The summed E-state index contributed by atoms with van der Waals surface area (Å²) in [5.74, 6) is 0.320. The van der Waals surface area contributed by atoms with Gasteiger partial charge >= 0.3 is 0 Å². The van der Waals surface area contributed by atoms with Crippen LogP contribution in [0.4, 0.5) is 0 Å². The highest BCUT2D eigenvalue weighted by atomic mass is 35.5. The average Bonchev–Trinajstić information content (AvgIpc) is 2.39. The first-order valence-electron chi connectivity index (χ1n) is 6.46. The van der Waals surface area contributed by atoms with Crippen LogP contribution >= 0.6 is 12.4 Å². The smallest absolute Gasteiger partial charge is 0.239 e. The minimum absolute atomic E-state index is 0. The zero-order valence-corrected chi connectivity index (χ0v) is 11.7. The summed E-state index contributed by atoms with van der Waals surface area (Å²) in [7, 11) is 0. The Morgan fingerprint density at radius 2 is 1.67 bits per heavy atom. The Morgan fingerprint density at radius 3 is 2.17 bits per heavy atom. The van der Waals surface area contributed by atoms with Crippen LogP contribution < -0.4 is 5.32 Å². The lowest BCUT2D eigenvalue weighted by atomic mass is 10.0. The lowest BCUT2D eigenvalue weighted by Crippen LogP contribution is -2.55. The molecule has 18 heavy (non-hydrogen) atoms. The molecule has 0 radical (unpaired) electrons. The average molecular weight is 276 g/mol. The highest BCUT2D eigenvalue weighted by Gasteiger charge is 2.28. The molecule has 2 saturated heterocycles. The quantitative estimate of drug-likeness (QED) is 0.746. The number of rotatable bonds is 1. The molecule has 0 unspecified atom stereocenters. The second-order valence-corrected chi connectivity index (χ2v) is 4.83. The first kappa shape index (κ1) is 15.2. The van der Waals surface area contributed by atoms with E-state index in [-0.39, 0.29) is 30.3 Å². The summed E-state index contributed by atoms with van der Waals surface area (Å²) >= 11 is 0. The van der Waals surface area contributed by atoms with Gasteiger partial charge in [-0.25, -0.2) is 0 Å². The van der Waals surface area contributed by atoms with Crippen LogP contribution in [0.3, 0.4) is 0 Å². The van der Waals surface area contributed by atoms with Gasteiger partial charge in [0.2, 0.25) is 11.8 Å². The Morgan fingerprint density at radius 1 is 1.06 bits per heavy atom. The zero-order valence-electron chi connectivity index (χ0n) is 10.9. The molecule has 1 N–H and O–H groups in total. The molecule has 0 aromatic carbocycles. The van der Waals surface area contributed by atoms with E-state index < -0.39 is 0 Å². The van der Waals surface area contributed by atoms with Crippen molar-refractivity contribution in [2.45, 2.75) is 32.2 Å². The van der Waals surface area contributed by atoms with Gasteiger partial charge in [-0.2, -0.15) is 0 Å². The fourth-order valence-electron chi connectivity index (χ4n) is 2.52. The van der Waals surface area contributed by atoms with Crippen molar-refractivity contribution in [1.82, 2.24) is 15.1 Å². The topological polar surface area (TPSA) is 52.7 Å². The second-order valence-electron chi connectivity index (χ2n) is 4.83. The summed E-state index contributed by atoms with van der Waals surface area (Å²) in [6.07, 6.45) is 3.25. The molecule has 2 heterocycles. The monoisotopic (exact) mass is 275 g/mol. The molecule has 2 amide bonds. The maximum atomic E-state index is 12.2. The van der Waals surface area contributed by atoms with E-state index in [2.05, 4.69) is 5.32 Å². The van der Waals surface area contributed by atoms with E-state index in [9.17, 15) is 9.59 Å². The van der Waals surface area contributed by atoms with Gasteiger partial charge in [0, 0.05) is 33.1 Å². The van der Waals surface area contributed by atoms with Gasteiger partial charge in [0.15, 0.2) is 0 Å². The predicted octanol–water partition coefficient (Wildman–Crippen LogP) is 0.241. The van der Waals surface area contributed by atoms with Crippen LogP contribution in [0.15, 0.2) is 0 Å². The predicted molar refractivity (Wildman–Crippen MR) is 71.7 cm³/mol. The highest BCUT2D eigenvalue weighted by Crippen LogP contribution is 2.11. The molecule has 2 aliphatic heterocycles. The van der Waals surface area contributed by atoms with Crippen molar-refractivity contribution in [2.75, 3.05) is 32.7 Å². The SMILES string of the molecule is CC(=O)N1CCN(C(=O)[C@@H]2CCCCN2)CC1.Cl. The van der Waals surface area contributed by atoms with E-state index in [1.165, 1.54) is 6.42 Å². The van der Waals surface area contributed by atoms with Crippen LogP contribution in [-0.4, -0.2) is 60.4 Å². The largest absolute Gasteiger partial charge is 0.339 e. The van der Waals surface area contributed by atoms with Crippen molar-refractivity contribution in [1.29, 1.82) is 0 Å². The maximum Gasteiger partial charge on any atom is 0.239 e. The Balaban J connectivity index is 0.00000162. The Bertz CT molecular complexity index is 298. The lowest BCUT2D eigenvalue weighted by Gasteiger charge is -2.36. The van der Waals surface area contributed by atoms with Crippen LogP contribution in [0.1, 0.15) is 26.2 Å². The Kier molecular flexibility index (Phi) is 5.88. The van der Waals surface area contributed by atoms with E-state index in [1.54, 1.807) is 11.8 Å². The summed E-state index contributed by atoms with van der Waals surface area (Å²) in [5, 5.41) is 3.28. The molecule has 0 spiro atoms. The third kappa shape index (κ3) is 3.59. The number of carbonyl (C=O) groups is 2. The molecule has 1 atom stereocenters. The number of carbonyl (C=O) groups excluding carboxylic acids is 2. The Hall–Kier alpha value is -0.810. The number of hydrogen-bond donors (Lipinski definition) is 1. The van der Waals surface area contributed by atoms with Gasteiger partial charge in [-0.1, -0.05) is 6.42 Å². The van der Waals surface area contributed by atoms with Crippen LogP contribution in [0.5, 0.6) is 0 Å². The number of nitrogens with zero attached hydrogens (tertiary/aromatic N) is 2. The number of piperidine rings is 1. The van der Waals surface area contributed by atoms with Gasteiger partial charge in [0.1, 0.15) is 0 Å². The van der Waals surface area contributed by atoms with E-state index in [0.29, 0.717) is 26.2 Å². The normalized spacial score (nSPS) is 24.4. The van der Waals surface area contributed by atoms with Crippen molar-refractivity contribution >= 4 is 24.2 Å². The number of nitrogens with one attached hydrogen (secondary N) is 1. The van der Waals surface area contributed by atoms with E-state index in [4.69, 9.17) is 0 Å². The van der Waals surface area contributed by atoms with E-state index in [1.807, 2.05) is 4.90 Å². The Labute approximate surface area is 114 Å². The van der Waals surface area contributed by atoms with Gasteiger partial charge in [-0.05, 0) is 19.4 Å². The first-order valence-corrected chi connectivity index (χ1v) is 6.46. The highest BCUT2D eigenvalue weighted by molar-refractivity contribution is 5.85. The second kappa shape index (κ2) is 6.95. The van der Waals surface area contributed by atoms with Crippen molar-refractivity contribution in [2.24, 2.45) is 0 Å². The van der Waals surface area contributed by atoms with Gasteiger partial charge in [-0.3, -0.25) is 9.59 Å². The summed E-state index contributed by atoms with van der Waals surface area (Å²) in [6, 6.07) is 0.00706. The molecule has 2 aliphatic rings. The molecule has 2 fully saturated rings. The summed E-state index contributed by atoms with van der Waals surface area (Å²) < 4.78 is 0. The molecule has 6 heteroatoms. The van der Waals surface area contributed by atoms with Gasteiger partial charge in [0.25, 0.3) is 0 Å². The van der Waals surface area contributed by atoms with Crippen LogP contribution in [0.2, 0.25) is 0 Å². The molecule has 5 nitrogen and oxygen atoms in total. The molecular formula is C12H22ClN3O2. The molecule has 0 aromatic rings. The molecular weight excluding hydrogens is 254 g/mol. The summed E-state index contributed by atoms with van der Waals surface area (Å²) in [6.45, 7) is 5.23. The van der Waals surface area contributed by atoms with Crippen molar-refractivity contribution < 1.29 is 9.59 Å². The molecule has 104 valence electrons. The van der Waals surface area contributed by atoms with Crippen molar-refractivity contribution in [3.05, 3.63) is 0 Å². The van der Waals surface area contributed by atoms with Crippen LogP contribution in [-0.2, 0) is 9.59 Å². The fraction of sp³-hybridized carbons (Fsp3) is 0.833. The molecule has 0 aliphatic carbocycles.